The number of nitrogens with zero attached hydrogens (tertiary/aromatic N) is 4. The van der Waals surface area contributed by atoms with Gasteiger partial charge in [-0.1, -0.05) is 13.8 Å². The van der Waals surface area contributed by atoms with Gasteiger partial charge in [0.2, 0.25) is 0 Å². The topological polar surface area (TPSA) is 47.7 Å². The summed E-state index contributed by atoms with van der Waals surface area (Å²) in [6.45, 7) is 9.08. The minimum Gasteiger partial charge on any atom is -0.311 e. The fourth-order valence-electron chi connectivity index (χ4n) is 2.11. The third-order valence-corrected chi connectivity index (χ3v) is 3.07. The van der Waals surface area contributed by atoms with Gasteiger partial charge in [-0.3, -0.25) is 9.36 Å². The molecule has 2 rings (SSSR count). The fraction of sp³-hybridized carbons (Fsp3) is 0.571. The Morgan fingerprint density at radius 3 is 2.74 bits per heavy atom. The predicted octanol–water partition coefficient (Wildman–Crippen LogP) is 1.72. The standard InChI is InChI=1S/C14H23N5/c1-11(2)8-15-9-13-5-6-16-19(13)10-14-7-12(3)17-18(14)4/h5-7,11,15H,8-10H2,1-4H3. The van der Waals surface area contributed by atoms with Crippen LogP contribution in [0.3, 0.4) is 0 Å². The second kappa shape index (κ2) is 6.02. The first-order valence-corrected chi connectivity index (χ1v) is 6.77. The summed E-state index contributed by atoms with van der Waals surface area (Å²) >= 11 is 0. The molecule has 0 spiro atoms. The van der Waals surface area contributed by atoms with Crippen molar-refractivity contribution in [2.45, 2.75) is 33.9 Å². The first kappa shape index (κ1) is 13.8. The average Bonchev–Trinajstić information content (AvgIpc) is 2.87. The molecular weight excluding hydrogens is 238 g/mol. The molecule has 0 saturated carbocycles. The van der Waals surface area contributed by atoms with E-state index in [1.54, 1.807) is 0 Å². The summed E-state index contributed by atoms with van der Waals surface area (Å²) in [5.41, 5.74) is 3.43. The molecule has 0 aliphatic rings. The van der Waals surface area contributed by atoms with E-state index in [1.807, 2.05) is 29.5 Å². The summed E-state index contributed by atoms with van der Waals surface area (Å²) in [4.78, 5) is 0. The first-order valence-electron chi connectivity index (χ1n) is 6.77. The maximum absolute atomic E-state index is 4.40. The van der Waals surface area contributed by atoms with Crippen molar-refractivity contribution in [3.8, 4) is 0 Å². The maximum atomic E-state index is 4.40. The summed E-state index contributed by atoms with van der Waals surface area (Å²) in [6.07, 6.45) is 1.86. The number of hydrogen-bond acceptors (Lipinski definition) is 3. The highest BCUT2D eigenvalue weighted by Gasteiger charge is 2.07. The van der Waals surface area contributed by atoms with Crippen molar-refractivity contribution in [2.75, 3.05) is 6.54 Å². The van der Waals surface area contributed by atoms with E-state index in [4.69, 9.17) is 0 Å². The van der Waals surface area contributed by atoms with Gasteiger partial charge in [0, 0.05) is 19.8 Å². The predicted molar refractivity (Wildman–Crippen MR) is 75.8 cm³/mol. The normalized spacial score (nSPS) is 11.4. The van der Waals surface area contributed by atoms with Crippen molar-refractivity contribution in [3.05, 3.63) is 35.4 Å². The molecule has 19 heavy (non-hydrogen) atoms. The molecule has 5 heteroatoms. The minimum absolute atomic E-state index is 0.663. The van der Waals surface area contributed by atoms with E-state index >= 15 is 0 Å². The van der Waals surface area contributed by atoms with Crippen LogP contribution in [0.4, 0.5) is 0 Å². The second-order valence-corrected chi connectivity index (χ2v) is 5.41. The number of rotatable bonds is 6. The van der Waals surface area contributed by atoms with Gasteiger partial charge in [-0.15, -0.1) is 0 Å². The van der Waals surface area contributed by atoms with Gasteiger partial charge < -0.3 is 5.32 Å². The lowest BCUT2D eigenvalue weighted by Crippen LogP contribution is -2.21. The Morgan fingerprint density at radius 2 is 2.11 bits per heavy atom. The molecule has 0 aliphatic heterocycles. The Morgan fingerprint density at radius 1 is 1.32 bits per heavy atom. The monoisotopic (exact) mass is 261 g/mol. The molecule has 0 atom stereocenters. The van der Waals surface area contributed by atoms with E-state index in [-0.39, 0.29) is 0 Å². The molecule has 2 aromatic rings. The van der Waals surface area contributed by atoms with Crippen molar-refractivity contribution in [1.29, 1.82) is 0 Å². The third kappa shape index (κ3) is 3.67. The Balaban J connectivity index is 2.01. The van der Waals surface area contributed by atoms with Gasteiger partial charge in [-0.05, 0) is 31.5 Å². The van der Waals surface area contributed by atoms with E-state index in [9.17, 15) is 0 Å². The number of aromatic nitrogens is 4. The Kier molecular flexibility index (Phi) is 4.37. The summed E-state index contributed by atoms with van der Waals surface area (Å²) in [5, 5.41) is 12.2. The van der Waals surface area contributed by atoms with Gasteiger partial charge >= 0.3 is 0 Å². The third-order valence-electron chi connectivity index (χ3n) is 3.07. The molecule has 0 saturated heterocycles. The summed E-state index contributed by atoms with van der Waals surface area (Å²) in [6, 6.07) is 4.17. The van der Waals surface area contributed by atoms with Crippen LogP contribution in [0.15, 0.2) is 18.3 Å². The Bertz CT molecular complexity index is 524. The van der Waals surface area contributed by atoms with Crippen LogP contribution in [-0.2, 0) is 20.1 Å². The van der Waals surface area contributed by atoms with E-state index < -0.39 is 0 Å². The minimum atomic E-state index is 0.663. The highest BCUT2D eigenvalue weighted by molar-refractivity contribution is 5.11. The van der Waals surface area contributed by atoms with Crippen molar-refractivity contribution < 1.29 is 0 Å². The molecule has 0 amide bonds. The lowest BCUT2D eigenvalue weighted by atomic mass is 10.2. The zero-order valence-corrected chi connectivity index (χ0v) is 12.2. The molecule has 0 unspecified atom stereocenters. The fourth-order valence-corrected chi connectivity index (χ4v) is 2.11. The summed E-state index contributed by atoms with van der Waals surface area (Å²) in [7, 11) is 1.97. The molecule has 1 N–H and O–H groups in total. The van der Waals surface area contributed by atoms with E-state index in [0.717, 1.165) is 25.3 Å². The van der Waals surface area contributed by atoms with Crippen molar-refractivity contribution in [3.63, 3.8) is 0 Å². The maximum Gasteiger partial charge on any atom is 0.0831 e. The second-order valence-electron chi connectivity index (χ2n) is 5.41. The molecule has 0 radical (unpaired) electrons. The van der Waals surface area contributed by atoms with Crippen LogP contribution < -0.4 is 5.32 Å². The van der Waals surface area contributed by atoms with Gasteiger partial charge in [-0.25, -0.2) is 0 Å². The van der Waals surface area contributed by atoms with Crippen LogP contribution in [0.2, 0.25) is 0 Å². The van der Waals surface area contributed by atoms with Crippen LogP contribution >= 0.6 is 0 Å². The molecule has 0 aliphatic carbocycles. The van der Waals surface area contributed by atoms with Crippen LogP contribution in [0.1, 0.15) is 30.9 Å². The quantitative estimate of drug-likeness (QED) is 0.861. The van der Waals surface area contributed by atoms with Gasteiger partial charge in [0.25, 0.3) is 0 Å². The van der Waals surface area contributed by atoms with E-state index in [0.29, 0.717) is 5.92 Å². The molecule has 2 heterocycles. The van der Waals surface area contributed by atoms with Crippen LogP contribution in [0.5, 0.6) is 0 Å². The zero-order chi connectivity index (χ0) is 13.8. The highest BCUT2D eigenvalue weighted by atomic mass is 15.3. The lowest BCUT2D eigenvalue weighted by Gasteiger charge is -2.10. The van der Waals surface area contributed by atoms with Gasteiger partial charge in [0.1, 0.15) is 0 Å². The van der Waals surface area contributed by atoms with E-state index in [1.165, 1.54) is 11.4 Å². The van der Waals surface area contributed by atoms with Crippen molar-refractivity contribution >= 4 is 0 Å². The van der Waals surface area contributed by atoms with Gasteiger partial charge in [0.05, 0.1) is 23.6 Å². The van der Waals surface area contributed by atoms with Crippen LogP contribution in [0, 0.1) is 12.8 Å². The largest absolute Gasteiger partial charge is 0.311 e. The van der Waals surface area contributed by atoms with Gasteiger partial charge in [-0.2, -0.15) is 10.2 Å². The molecule has 0 bridgehead atoms. The van der Waals surface area contributed by atoms with E-state index in [2.05, 4.69) is 41.5 Å². The number of nitrogens with one attached hydrogen (secondary N) is 1. The number of aryl methyl sites for hydroxylation is 2. The lowest BCUT2D eigenvalue weighted by molar-refractivity contribution is 0.523. The van der Waals surface area contributed by atoms with Crippen LogP contribution in [0.25, 0.3) is 0 Å². The molecule has 104 valence electrons. The first-order chi connectivity index (χ1) is 9.06. The molecule has 0 aromatic carbocycles. The van der Waals surface area contributed by atoms with Crippen molar-refractivity contribution in [1.82, 2.24) is 24.9 Å². The van der Waals surface area contributed by atoms with Crippen molar-refractivity contribution in [2.24, 2.45) is 13.0 Å². The summed E-state index contributed by atoms with van der Waals surface area (Å²) in [5.74, 6) is 0.663. The molecule has 5 nitrogen and oxygen atoms in total. The van der Waals surface area contributed by atoms with Gasteiger partial charge in [0.15, 0.2) is 0 Å². The smallest absolute Gasteiger partial charge is 0.0831 e. The molecular formula is C14H23N5. The molecule has 2 aromatic heterocycles. The highest BCUT2D eigenvalue weighted by Crippen LogP contribution is 2.07. The van der Waals surface area contributed by atoms with Crippen LogP contribution in [-0.4, -0.2) is 26.1 Å². The SMILES string of the molecule is Cc1cc(Cn2nccc2CNCC(C)C)n(C)n1. The average molecular weight is 261 g/mol. The number of hydrogen-bond donors (Lipinski definition) is 1. The summed E-state index contributed by atoms with van der Waals surface area (Å²) < 4.78 is 3.95. The Hall–Kier alpha value is -1.62. The Labute approximate surface area is 114 Å². The molecule has 0 fully saturated rings. The zero-order valence-electron chi connectivity index (χ0n) is 12.2.